The molecule has 1 aromatic heterocycles. The molecule has 0 saturated heterocycles. The summed E-state index contributed by atoms with van der Waals surface area (Å²) in [5.74, 6) is 0. The SMILES string of the molecule is O=S(=O)(NCc1ccccc1)c1cc(Br)cs1. The highest BCUT2D eigenvalue weighted by atomic mass is 79.9. The van der Waals surface area contributed by atoms with Crippen LogP contribution in [0, 0.1) is 0 Å². The lowest BCUT2D eigenvalue weighted by atomic mass is 10.2. The van der Waals surface area contributed by atoms with Crippen LogP contribution in [0.15, 0.2) is 50.5 Å². The Kier molecular flexibility index (Phi) is 3.98. The Bertz CT molecular complexity index is 593. The molecule has 1 heterocycles. The first-order chi connectivity index (χ1) is 8.08. The largest absolute Gasteiger partial charge is 0.250 e. The van der Waals surface area contributed by atoms with Gasteiger partial charge in [-0.25, -0.2) is 13.1 Å². The van der Waals surface area contributed by atoms with Crippen LogP contribution in [0.3, 0.4) is 0 Å². The summed E-state index contributed by atoms with van der Waals surface area (Å²) in [5.41, 5.74) is 0.937. The molecule has 2 rings (SSSR count). The molecule has 0 atom stereocenters. The van der Waals surface area contributed by atoms with Crippen molar-refractivity contribution in [1.29, 1.82) is 0 Å². The third-order valence-electron chi connectivity index (χ3n) is 2.12. The summed E-state index contributed by atoms with van der Waals surface area (Å²) in [7, 11) is -3.40. The quantitative estimate of drug-likeness (QED) is 0.936. The van der Waals surface area contributed by atoms with Gasteiger partial charge in [0.15, 0.2) is 0 Å². The average molecular weight is 332 g/mol. The normalized spacial score (nSPS) is 11.6. The first-order valence-corrected chi connectivity index (χ1v) is 8.01. The molecular formula is C11H10BrNO2S2. The summed E-state index contributed by atoms with van der Waals surface area (Å²) in [5, 5.41) is 1.75. The van der Waals surface area contributed by atoms with E-state index in [-0.39, 0.29) is 0 Å². The van der Waals surface area contributed by atoms with Crippen LogP contribution in [-0.2, 0) is 16.6 Å². The second-order valence-corrected chi connectivity index (χ2v) is 7.21. The highest BCUT2D eigenvalue weighted by Gasteiger charge is 2.15. The van der Waals surface area contributed by atoms with E-state index in [1.165, 1.54) is 11.3 Å². The van der Waals surface area contributed by atoms with Crippen molar-refractivity contribution >= 4 is 37.3 Å². The van der Waals surface area contributed by atoms with Gasteiger partial charge >= 0.3 is 0 Å². The van der Waals surface area contributed by atoms with Crippen LogP contribution in [0.25, 0.3) is 0 Å². The van der Waals surface area contributed by atoms with Gasteiger partial charge in [0.05, 0.1) is 0 Å². The zero-order valence-corrected chi connectivity index (χ0v) is 12.0. The van der Waals surface area contributed by atoms with Gasteiger partial charge in [-0.05, 0) is 27.6 Å². The Morgan fingerprint density at radius 2 is 1.94 bits per heavy atom. The summed E-state index contributed by atoms with van der Waals surface area (Å²) in [6.07, 6.45) is 0. The van der Waals surface area contributed by atoms with Crippen LogP contribution in [0.2, 0.25) is 0 Å². The van der Waals surface area contributed by atoms with Gasteiger partial charge in [-0.15, -0.1) is 11.3 Å². The highest BCUT2D eigenvalue weighted by Crippen LogP contribution is 2.23. The van der Waals surface area contributed by atoms with Gasteiger partial charge in [0.2, 0.25) is 10.0 Å². The molecule has 1 aromatic carbocycles. The van der Waals surface area contributed by atoms with Crippen molar-refractivity contribution in [2.75, 3.05) is 0 Å². The molecule has 0 radical (unpaired) electrons. The lowest BCUT2D eigenvalue weighted by Crippen LogP contribution is -2.22. The molecular weight excluding hydrogens is 322 g/mol. The van der Waals surface area contributed by atoms with E-state index in [0.717, 1.165) is 10.0 Å². The van der Waals surface area contributed by atoms with Crippen LogP contribution in [-0.4, -0.2) is 8.42 Å². The molecule has 0 fully saturated rings. The van der Waals surface area contributed by atoms with Gasteiger partial charge in [0, 0.05) is 16.4 Å². The van der Waals surface area contributed by atoms with Gasteiger partial charge in [-0.3, -0.25) is 0 Å². The minimum absolute atomic E-state index is 0.304. The monoisotopic (exact) mass is 331 g/mol. The first kappa shape index (κ1) is 12.8. The number of rotatable bonds is 4. The van der Waals surface area contributed by atoms with Crippen molar-refractivity contribution < 1.29 is 8.42 Å². The molecule has 0 aliphatic carbocycles. The second-order valence-electron chi connectivity index (χ2n) is 3.39. The topological polar surface area (TPSA) is 46.2 Å². The fourth-order valence-electron chi connectivity index (χ4n) is 1.28. The summed E-state index contributed by atoms with van der Waals surface area (Å²) >= 11 is 4.43. The molecule has 0 amide bonds. The molecule has 0 spiro atoms. The van der Waals surface area contributed by atoms with Crippen LogP contribution >= 0.6 is 27.3 Å². The van der Waals surface area contributed by atoms with Crippen molar-refractivity contribution in [1.82, 2.24) is 4.72 Å². The number of sulfonamides is 1. The van der Waals surface area contributed by atoms with E-state index >= 15 is 0 Å². The average Bonchev–Trinajstić information content (AvgIpc) is 2.76. The molecule has 6 heteroatoms. The van der Waals surface area contributed by atoms with E-state index in [9.17, 15) is 8.42 Å². The number of benzene rings is 1. The number of hydrogen-bond donors (Lipinski definition) is 1. The third kappa shape index (κ3) is 3.38. The van der Waals surface area contributed by atoms with Crippen molar-refractivity contribution in [3.8, 4) is 0 Å². The maximum Gasteiger partial charge on any atom is 0.250 e. The van der Waals surface area contributed by atoms with E-state index < -0.39 is 10.0 Å². The van der Waals surface area contributed by atoms with Crippen molar-refractivity contribution in [3.63, 3.8) is 0 Å². The summed E-state index contributed by atoms with van der Waals surface area (Å²) in [6.45, 7) is 0.304. The van der Waals surface area contributed by atoms with Crippen LogP contribution in [0.5, 0.6) is 0 Å². The lowest BCUT2D eigenvalue weighted by Gasteiger charge is -2.04. The molecule has 0 saturated carbocycles. The van der Waals surface area contributed by atoms with E-state index in [4.69, 9.17) is 0 Å². The van der Waals surface area contributed by atoms with Gasteiger partial charge in [-0.2, -0.15) is 0 Å². The number of nitrogens with one attached hydrogen (secondary N) is 1. The van der Waals surface area contributed by atoms with Crippen LogP contribution in [0.4, 0.5) is 0 Å². The molecule has 90 valence electrons. The zero-order chi connectivity index (χ0) is 12.3. The zero-order valence-electron chi connectivity index (χ0n) is 8.76. The van der Waals surface area contributed by atoms with E-state index in [1.54, 1.807) is 11.4 Å². The Balaban J connectivity index is 2.09. The van der Waals surface area contributed by atoms with Gasteiger partial charge in [0.1, 0.15) is 4.21 Å². The van der Waals surface area contributed by atoms with Gasteiger partial charge in [-0.1, -0.05) is 30.3 Å². The Labute approximate surface area is 113 Å². The van der Waals surface area contributed by atoms with Crippen molar-refractivity contribution in [2.24, 2.45) is 0 Å². The van der Waals surface area contributed by atoms with Crippen molar-refractivity contribution in [3.05, 3.63) is 51.8 Å². The molecule has 17 heavy (non-hydrogen) atoms. The predicted octanol–water partition coefficient (Wildman–Crippen LogP) is 2.99. The summed E-state index contributed by atoms with van der Waals surface area (Å²) in [4.78, 5) is 0. The first-order valence-electron chi connectivity index (χ1n) is 4.85. The van der Waals surface area contributed by atoms with Crippen molar-refractivity contribution in [2.45, 2.75) is 10.8 Å². The lowest BCUT2D eigenvalue weighted by molar-refractivity contribution is 0.583. The smallest absolute Gasteiger partial charge is 0.206 e. The third-order valence-corrected chi connectivity index (χ3v) is 5.72. The Morgan fingerprint density at radius 3 is 2.53 bits per heavy atom. The maximum absolute atomic E-state index is 11.9. The maximum atomic E-state index is 11.9. The van der Waals surface area contributed by atoms with E-state index in [0.29, 0.717) is 10.8 Å². The number of thiophene rings is 1. The van der Waals surface area contributed by atoms with E-state index in [2.05, 4.69) is 20.7 Å². The van der Waals surface area contributed by atoms with Crippen LogP contribution < -0.4 is 4.72 Å². The van der Waals surface area contributed by atoms with Gasteiger partial charge < -0.3 is 0 Å². The van der Waals surface area contributed by atoms with E-state index in [1.807, 2.05) is 30.3 Å². The van der Waals surface area contributed by atoms with Gasteiger partial charge in [0.25, 0.3) is 0 Å². The standard InChI is InChI=1S/C11H10BrNO2S2/c12-10-6-11(16-8-10)17(14,15)13-7-9-4-2-1-3-5-9/h1-6,8,13H,7H2. The fraction of sp³-hybridized carbons (Fsp3) is 0.0909. The number of hydrogen-bond acceptors (Lipinski definition) is 3. The Morgan fingerprint density at radius 1 is 1.24 bits per heavy atom. The minimum Gasteiger partial charge on any atom is -0.206 e. The number of halogens is 1. The summed E-state index contributed by atoms with van der Waals surface area (Å²) < 4.78 is 27.5. The molecule has 0 bridgehead atoms. The Hall–Kier alpha value is -0.690. The minimum atomic E-state index is -3.40. The summed E-state index contributed by atoms with van der Waals surface area (Å²) in [6, 6.07) is 11.0. The van der Waals surface area contributed by atoms with Crippen LogP contribution in [0.1, 0.15) is 5.56 Å². The predicted molar refractivity (Wildman–Crippen MR) is 72.5 cm³/mol. The molecule has 0 aliphatic heterocycles. The second kappa shape index (κ2) is 5.30. The molecule has 3 nitrogen and oxygen atoms in total. The fourth-order valence-corrected chi connectivity index (χ4v) is 4.19. The molecule has 0 aliphatic rings. The molecule has 0 unspecified atom stereocenters. The molecule has 2 aromatic rings. The highest BCUT2D eigenvalue weighted by molar-refractivity contribution is 9.10. The molecule has 1 N–H and O–H groups in total.